The number of allylic oxidation sites excluding steroid dienone is 2. The Hall–Kier alpha value is -0.800. The fourth-order valence-corrected chi connectivity index (χ4v) is 3.71. The molecular formula is C21H41N2O+. The summed E-state index contributed by atoms with van der Waals surface area (Å²) in [5, 5.41) is 13.6. The average Bonchev–Trinajstić information content (AvgIpc) is 3.00. The normalized spacial score (nSPS) is 24.6. The highest BCUT2D eigenvalue weighted by Gasteiger charge is 2.40. The minimum absolute atomic E-state index is 0.341. The smallest absolute Gasteiger partial charge is 0.193 e. The molecule has 0 aromatic rings. The Balaban J connectivity index is 2.04. The zero-order chi connectivity index (χ0) is 17.7. The van der Waals surface area contributed by atoms with Crippen molar-refractivity contribution in [1.29, 1.82) is 0 Å². The lowest BCUT2D eigenvalue weighted by Gasteiger charge is -2.39. The number of hydrogen-bond donors (Lipinski definition) is 2. The second kappa shape index (κ2) is 12.5. The summed E-state index contributed by atoms with van der Waals surface area (Å²) in [6, 6.07) is 0. The SMILES string of the molecule is CCCCCCC/C=C/CCCCCC1NC=C[N+]1(CC)C(C)O. The molecule has 3 heteroatoms. The van der Waals surface area contributed by atoms with Gasteiger partial charge in [-0.15, -0.1) is 0 Å². The fourth-order valence-electron chi connectivity index (χ4n) is 3.71. The van der Waals surface area contributed by atoms with E-state index in [4.69, 9.17) is 0 Å². The third kappa shape index (κ3) is 6.98. The summed E-state index contributed by atoms with van der Waals surface area (Å²) >= 11 is 0. The number of nitrogens with one attached hydrogen (secondary N) is 1. The highest BCUT2D eigenvalue weighted by Crippen LogP contribution is 2.25. The van der Waals surface area contributed by atoms with Crippen LogP contribution in [-0.2, 0) is 0 Å². The lowest BCUT2D eigenvalue weighted by atomic mass is 10.1. The van der Waals surface area contributed by atoms with E-state index < -0.39 is 0 Å². The van der Waals surface area contributed by atoms with Gasteiger partial charge in [-0.2, -0.15) is 0 Å². The van der Waals surface area contributed by atoms with Crippen molar-refractivity contribution in [3.8, 4) is 0 Å². The van der Waals surface area contributed by atoms with Gasteiger partial charge in [0, 0.05) is 13.3 Å². The molecule has 0 saturated heterocycles. The molecule has 1 rings (SSSR count). The summed E-state index contributed by atoms with van der Waals surface area (Å²) in [6.07, 6.45) is 23.2. The summed E-state index contributed by atoms with van der Waals surface area (Å²) in [7, 11) is 0. The maximum absolute atomic E-state index is 10.1. The first-order valence-electron chi connectivity index (χ1n) is 10.3. The maximum Gasteiger partial charge on any atom is 0.193 e. The number of rotatable bonds is 14. The molecule has 3 unspecified atom stereocenters. The number of nitrogens with zero attached hydrogens (tertiary/aromatic N) is 1. The van der Waals surface area contributed by atoms with Crippen LogP contribution in [0.1, 0.15) is 91.4 Å². The fraction of sp³-hybridized carbons (Fsp3) is 0.810. The topological polar surface area (TPSA) is 32.3 Å². The zero-order valence-electron chi connectivity index (χ0n) is 16.3. The van der Waals surface area contributed by atoms with Crippen molar-refractivity contribution in [3.05, 3.63) is 24.6 Å². The molecule has 0 fully saturated rings. The molecule has 2 N–H and O–H groups in total. The van der Waals surface area contributed by atoms with Gasteiger partial charge < -0.3 is 10.4 Å². The highest BCUT2D eigenvalue weighted by molar-refractivity contribution is 4.85. The van der Waals surface area contributed by atoms with Gasteiger partial charge in [0.15, 0.2) is 12.4 Å². The molecule has 1 aliphatic rings. The first-order chi connectivity index (χ1) is 11.7. The molecule has 0 spiro atoms. The third-order valence-electron chi connectivity index (χ3n) is 5.45. The predicted molar refractivity (Wildman–Crippen MR) is 104 cm³/mol. The summed E-state index contributed by atoms with van der Waals surface area (Å²) < 4.78 is 0.665. The van der Waals surface area contributed by atoms with E-state index in [0.29, 0.717) is 10.6 Å². The van der Waals surface area contributed by atoms with Crippen LogP contribution >= 0.6 is 0 Å². The van der Waals surface area contributed by atoms with Crippen molar-refractivity contribution in [2.45, 2.75) is 104 Å². The largest absolute Gasteiger partial charge is 0.345 e. The van der Waals surface area contributed by atoms with Crippen LogP contribution in [0.3, 0.4) is 0 Å². The Kier molecular flexibility index (Phi) is 11.1. The van der Waals surface area contributed by atoms with E-state index in [2.05, 4.69) is 37.5 Å². The Morgan fingerprint density at radius 3 is 2.21 bits per heavy atom. The van der Waals surface area contributed by atoms with Gasteiger partial charge in [0.25, 0.3) is 0 Å². The number of aliphatic hydroxyl groups excluding tert-OH is 1. The molecule has 0 amide bonds. The van der Waals surface area contributed by atoms with Crippen molar-refractivity contribution >= 4 is 0 Å². The molecule has 0 radical (unpaired) electrons. The minimum Gasteiger partial charge on any atom is -0.345 e. The van der Waals surface area contributed by atoms with E-state index in [-0.39, 0.29) is 6.23 Å². The number of unbranched alkanes of at least 4 members (excludes halogenated alkanes) is 8. The Labute approximate surface area is 150 Å². The first-order valence-corrected chi connectivity index (χ1v) is 10.3. The van der Waals surface area contributed by atoms with Crippen LogP contribution in [-0.4, -0.2) is 28.5 Å². The van der Waals surface area contributed by atoms with Crippen LogP contribution in [0.5, 0.6) is 0 Å². The van der Waals surface area contributed by atoms with Crippen LogP contribution < -0.4 is 5.32 Å². The standard InChI is InChI=1S/C21H41N2O/c1-4-6-7-8-9-10-11-12-13-14-15-16-17-21-22-18-19-23(21,5-2)20(3)24/h11-12,18-22,24H,4-10,13-17H2,1-3H3/q+1/b12-11+. The summed E-state index contributed by atoms with van der Waals surface area (Å²) in [5.41, 5.74) is 0. The van der Waals surface area contributed by atoms with E-state index in [9.17, 15) is 5.11 Å². The van der Waals surface area contributed by atoms with Crippen LogP contribution in [0.4, 0.5) is 0 Å². The molecule has 1 heterocycles. The van der Waals surface area contributed by atoms with Gasteiger partial charge in [0.05, 0.1) is 12.7 Å². The molecule has 1 aliphatic heterocycles. The molecule has 0 bridgehead atoms. The van der Waals surface area contributed by atoms with Crippen molar-refractivity contribution in [2.75, 3.05) is 6.54 Å². The van der Waals surface area contributed by atoms with E-state index in [1.807, 2.05) is 13.1 Å². The van der Waals surface area contributed by atoms with Gasteiger partial charge in [-0.25, -0.2) is 0 Å². The summed E-state index contributed by atoms with van der Waals surface area (Å²) in [6.45, 7) is 7.27. The van der Waals surface area contributed by atoms with Crippen LogP contribution in [0.25, 0.3) is 0 Å². The number of hydrogen-bond acceptors (Lipinski definition) is 2. The van der Waals surface area contributed by atoms with E-state index in [0.717, 1.165) is 13.0 Å². The predicted octanol–water partition coefficient (Wildman–Crippen LogP) is 5.43. The maximum atomic E-state index is 10.1. The van der Waals surface area contributed by atoms with Crippen molar-refractivity contribution < 1.29 is 9.59 Å². The van der Waals surface area contributed by atoms with E-state index in [1.54, 1.807) is 0 Å². The lowest BCUT2D eigenvalue weighted by Crippen LogP contribution is -2.57. The quantitative estimate of drug-likeness (QED) is 0.252. The molecule has 24 heavy (non-hydrogen) atoms. The summed E-state index contributed by atoms with van der Waals surface area (Å²) in [5.74, 6) is 0. The van der Waals surface area contributed by atoms with Gasteiger partial charge in [0.2, 0.25) is 0 Å². The highest BCUT2D eigenvalue weighted by atomic mass is 16.3. The molecule has 3 atom stereocenters. The van der Waals surface area contributed by atoms with Crippen molar-refractivity contribution in [3.63, 3.8) is 0 Å². The second-order valence-corrected chi connectivity index (χ2v) is 7.25. The van der Waals surface area contributed by atoms with E-state index >= 15 is 0 Å². The monoisotopic (exact) mass is 337 g/mol. The molecule has 140 valence electrons. The molecule has 0 aliphatic carbocycles. The van der Waals surface area contributed by atoms with Gasteiger partial charge in [0.1, 0.15) is 6.20 Å². The molecular weight excluding hydrogens is 296 g/mol. The van der Waals surface area contributed by atoms with Gasteiger partial charge >= 0.3 is 0 Å². The van der Waals surface area contributed by atoms with Gasteiger partial charge in [-0.1, -0.05) is 51.2 Å². The molecule has 0 aromatic heterocycles. The van der Waals surface area contributed by atoms with Crippen molar-refractivity contribution in [2.24, 2.45) is 0 Å². The van der Waals surface area contributed by atoms with Crippen LogP contribution in [0.15, 0.2) is 24.6 Å². The van der Waals surface area contributed by atoms with Gasteiger partial charge in [-0.3, -0.25) is 4.48 Å². The number of aliphatic hydroxyl groups is 1. The minimum atomic E-state index is -0.341. The molecule has 3 nitrogen and oxygen atoms in total. The summed E-state index contributed by atoms with van der Waals surface area (Å²) in [4.78, 5) is 0. The zero-order valence-corrected chi connectivity index (χ0v) is 16.3. The Bertz CT molecular complexity index is 365. The van der Waals surface area contributed by atoms with Crippen LogP contribution in [0.2, 0.25) is 0 Å². The van der Waals surface area contributed by atoms with Gasteiger partial charge in [-0.05, 0) is 39.0 Å². The Morgan fingerprint density at radius 1 is 1.00 bits per heavy atom. The van der Waals surface area contributed by atoms with E-state index in [1.165, 1.54) is 64.2 Å². The lowest BCUT2D eigenvalue weighted by molar-refractivity contribution is -0.942. The Morgan fingerprint density at radius 2 is 1.62 bits per heavy atom. The number of quaternary nitrogens is 1. The average molecular weight is 338 g/mol. The third-order valence-corrected chi connectivity index (χ3v) is 5.45. The molecule has 0 aromatic carbocycles. The second-order valence-electron chi connectivity index (χ2n) is 7.25. The first kappa shape index (κ1) is 21.2. The van der Waals surface area contributed by atoms with Crippen molar-refractivity contribution in [1.82, 2.24) is 5.32 Å². The van der Waals surface area contributed by atoms with Crippen LogP contribution in [0, 0.1) is 0 Å². The molecule has 0 saturated carbocycles.